The number of thioether (sulfide) groups is 1. The van der Waals surface area contributed by atoms with Crippen LogP contribution in [0.4, 0.5) is 4.39 Å². The van der Waals surface area contributed by atoms with Crippen LogP contribution in [-0.2, 0) is 12.3 Å². The van der Waals surface area contributed by atoms with E-state index in [0.717, 1.165) is 11.5 Å². The van der Waals surface area contributed by atoms with Crippen molar-refractivity contribution in [3.05, 3.63) is 53.7 Å². The van der Waals surface area contributed by atoms with E-state index < -0.39 is 0 Å². The maximum Gasteiger partial charge on any atom is 0.136 e. The van der Waals surface area contributed by atoms with E-state index in [-0.39, 0.29) is 5.82 Å². The van der Waals surface area contributed by atoms with E-state index in [1.54, 1.807) is 12.1 Å². The molecule has 2 aromatic rings. The molecule has 0 saturated heterocycles. The first-order valence-electron chi connectivity index (χ1n) is 4.94. The molecular weight excluding hydrogens is 225 g/mol. The molecule has 0 aliphatic heterocycles. The molecule has 1 aromatic heterocycles. The first kappa shape index (κ1) is 11.2. The Balaban J connectivity index is 1.99. The fourth-order valence-corrected chi connectivity index (χ4v) is 2.15. The van der Waals surface area contributed by atoms with E-state index in [1.165, 1.54) is 17.8 Å². The van der Waals surface area contributed by atoms with Crippen molar-refractivity contribution < 1.29 is 8.81 Å². The van der Waals surface area contributed by atoms with Crippen LogP contribution in [0, 0.1) is 5.82 Å². The zero-order chi connectivity index (χ0) is 11.4. The van der Waals surface area contributed by atoms with Gasteiger partial charge >= 0.3 is 0 Å². The smallest absolute Gasteiger partial charge is 0.136 e. The fourth-order valence-electron chi connectivity index (χ4n) is 1.32. The average Bonchev–Trinajstić information content (AvgIpc) is 2.76. The van der Waals surface area contributed by atoms with Crippen molar-refractivity contribution in [2.24, 2.45) is 5.73 Å². The number of benzene rings is 1. The summed E-state index contributed by atoms with van der Waals surface area (Å²) in [7, 11) is 0. The van der Waals surface area contributed by atoms with Gasteiger partial charge in [0.05, 0.1) is 12.3 Å². The van der Waals surface area contributed by atoms with Gasteiger partial charge in [0, 0.05) is 4.90 Å². The van der Waals surface area contributed by atoms with Crippen molar-refractivity contribution in [1.29, 1.82) is 0 Å². The fraction of sp³-hybridized carbons (Fsp3) is 0.167. The highest BCUT2D eigenvalue weighted by molar-refractivity contribution is 7.98. The number of hydrogen-bond donors (Lipinski definition) is 1. The summed E-state index contributed by atoms with van der Waals surface area (Å²) in [4.78, 5) is 0.633. The molecule has 84 valence electrons. The molecule has 2 rings (SSSR count). The lowest BCUT2D eigenvalue weighted by Crippen LogP contribution is -1.92. The van der Waals surface area contributed by atoms with Gasteiger partial charge < -0.3 is 10.2 Å². The van der Waals surface area contributed by atoms with E-state index in [0.29, 0.717) is 17.2 Å². The molecule has 0 amide bonds. The van der Waals surface area contributed by atoms with Crippen LogP contribution in [0.1, 0.15) is 11.5 Å². The van der Waals surface area contributed by atoms with E-state index in [4.69, 9.17) is 10.2 Å². The highest BCUT2D eigenvalue weighted by atomic mass is 32.2. The summed E-state index contributed by atoms with van der Waals surface area (Å²) in [6, 6.07) is 10.4. The molecule has 0 unspecified atom stereocenters. The molecule has 0 radical (unpaired) electrons. The predicted octanol–water partition coefficient (Wildman–Crippen LogP) is 3.17. The molecular formula is C12H12FNOS. The molecule has 1 heterocycles. The van der Waals surface area contributed by atoms with E-state index in [2.05, 4.69) is 0 Å². The number of furan rings is 1. The standard InChI is InChI=1S/C12H12FNOS/c13-11-3-1-2-4-12(11)16-8-10-6-5-9(7-14)15-10/h1-6H,7-8,14H2. The van der Waals surface area contributed by atoms with Crippen molar-refractivity contribution in [1.82, 2.24) is 0 Å². The van der Waals surface area contributed by atoms with Crippen molar-refractivity contribution in [3.8, 4) is 0 Å². The monoisotopic (exact) mass is 237 g/mol. The minimum Gasteiger partial charge on any atom is -0.464 e. The summed E-state index contributed by atoms with van der Waals surface area (Å²) in [5.41, 5.74) is 5.43. The SMILES string of the molecule is NCc1ccc(CSc2ccccc2F)o1. The first-order chi connectivity index (χ1) is 7.79. The normalized spacial score (nSPS) is 10.6. The summed E-state index contributed by atoms with van der Waals surface area (Å²) in [5, 5.41) is 0. The van der Waals surface area contributed by atoms with E-state index in [1.807, 2.05) is 18.2 Å². The molecule has 0 spiro atoms. The first-order valence-corrected chi connectivity index (χ1v) is 5.93. The van der Waals surface area contributed by atoms with Crippen LogP contribution in [0.5, 0.6) is 0 Å². The Morgan fingerprint density at radius 3 is 2.56 bits per heavy atom. The maximum atomic E-state index is 13.3. The average molecular weight is 237 g/mol. The Bertz CT molecular complexity index is 470. The zero-order valence-corrected chi connectivity index (χ0v) is 9.47. The zero-order valence-electron chi connectivity index (χ0n) is 8.65. The van der Waals surface area contributed by atoms with Gasteiger partial charge in [0.1, 0.15) is 17.3 Å². The van der Waals surface area contributed by atoms with Crippen molar-refractivity contribution in [2.45, 2.75) is 17.2 Å². The second-order valence-corrected chi connectivity index (χ2v) is 4.31. The Kier molecular flexibility index (Phi) is 3.64. The van der Waals surface area contributed by atoms with Gasteiger partial charge in [-0.1, -0.05) is 12.1 Å². The minimum atomic E-state index is -0.196. The van der Waals surface area contributed by atoms with Gasteiger partial charge in [0.2, 0.25) is 0 Å². The molecule has 0 fully saturated rings. The molecule has 0 aliphatic carbocycles. The van der Waals surface area contributed by atoms with Crippen LogP contribution < -0.4 is 5.73 Å². The Hall–Kier alpha value is -1.26. The summed E-state index contributed by atoms with van der Waals surface area (Å²) in [6.07, 6.45) is 0. The topological polar surface area (TPSA) is 39.2 Å². The van der Waals surface area contributed by atoms with Crippen molar-refractivity contribution in [3.63, 3.8) is 0 Å². The molecule has 1 aromatic carbocycles. The van der Waals surface area contributed by atoms with Gasteiger partial charge in [0.15, 0.2) is 0 Å². The Morgan fingerprint density at radius 1 is 1.12 bits per heavy atom. The number of halogens is 1. The summed E-state index contributed by atoms with van der Waals surface area (Å²) >= 11 is 1.41. The summed E-state index contributed by atoms with van der Waals surface area (Å²) < 4.78 is 18.7. The van der Waals surface area contributed by atoms with Gasteiger partial charge in [-0.2, -0.15) is 0 Å². The van der Waals surface area contributed by atoms with E-state index >= 15 is 0 Å². The van der Waals surface area contributed by atoms with Gasteiger partial charge in [-0.15, -0.1) is 11.8 Å². The lowest BCUT2D eigenvalue weighted by Gasteiger charge is -2.00. The van der Waals surface area contributed by atoms with Gasteiger partial charge in [-0.05, 0) is 24.3 Å². The maximum absolute atomic E-state index is 13.3. The lowest BCUT2D eigenvalue weighted by molar-refractivity contribution is 0.482. The third-order valence-corrected chi connectivity index (χ3v) is 3.20. The van der Waals surface area contributed by atoms with Gasteiger partial charge in [0.25, 0.3) is 0 Å². The molecule has 0 saturated carbocycles. The second-order valence-electron chi connectivity index (χ2n) is 3.29. The predicted molar refractivity (Wildman–Crippen MR) is 62.6 cm³/mol. The number of rotatable bonds is 4. The third kappa shape index (κ3) is 2.65. The lowest BCUT2D eigenvalue weighted by atomic mass is 10.3. The molecule has 0 bridgehead atoms. The second kappa shape index (κ2) is 5.18. The highest BCUT2D eigenvalue weighted by Crippen LogP contribution is 2.25. The number of nitrogens with two attached hydrogens (primary N) is 1. The Labute approximate surface area is 97.6 Å². The third-order valence-electron chi connectivity index (χ3n) is 2.13. The van der Waals surface area contributed by atoms with Crippen molar-refractivity contribution in [2.75, 3.05) is 0 Å². The van der Waals surface area contributed by atoms with Crippen LogP contribution in [0.25, 0.3) is 0 Å². The van der Waals surface area contributed by atoms with Crippen molar-refractivity contribution >= 4 is 11.8 Å². The molecule has 2 nitrogen and oxygen atoms in total. The molecule has 16 heavy (non-hydrogen) atoms. The number of hydrogen-bond acceptors (Lipinski definition) is 3. The van der Waals surface area contributed by atoms with Crippen LogP contribution in [0.15, 0.2) is 45.7 Å². The quantitative estimate of drug-likeness (QED) is 0.830. The highest BCUT2D eigenvalue weighted by Gasteiger charge is 2.04. The van der Waals surface area contributed by atoms with Crippen LogP contribution in [-0.4, -0.2) is 0 Å². The van der Waals surface area contributed by atoms with Gasteiger partial charge in [-0.25, -0.2) is 4.39 Å². The van der Waals surface area contributed by atoms with Gasteiger partial charge in [-0.3, -0.25) is 0 Å². The Morgan fingerprint density at radius 2 is 1.88 bits per heavy atom. The summed E-state index contributed by atoms with van der Waals surface area (Å²) in [5.74, 6) is 1.98. The summed E-state index contributed by atoms with van der Waals surface area (Å²) in [6.45, 7) is 0.393. The molecule has 0 atom stereocenters. The largest absolute Gasteiger partial charge is 0.464 e. The van der Waals surface area contributed by atoms with E-state index in [9.17, 15) is 4.39 Å². The molecule has 2 N–H and O–H groups in total. The minimum absolute atomic E-state index is 0.196. The molecule has 4 heteroatoms. The van der Waals surface area contributed by atoms with Crippen LogP contribution >= 0.6 is 11.8 Å². The van der Waals surface area contributed by atoms with Crippen LogP contribution in [0.2, 0.25) is 0 Å². The van der Waals surface area contributed by atoms with Crippen LogP contribution in [0.3, 0.4) is 0 Å². The molecule has 0 aliphatic rings.